The summed E-state index contributed by atoms with van der Waals surface area (Å²) < 4.78 is 0. The number of hydrogen-bond donors (Lipinski definition) is 1. The Labute approximate surface area is 121 Å². The first-order valence-corrected chi connectivity index (χ1v) is 8.12. The van der Waals surface area contributed by atoms with E-state index in [0.29, 0.717) is 0 Å². The molecule has 0 saturated heterocycles. The SMILES string of the molecule is CN=C(NCCCCSC)N(C)Cc1ccccc1. The molecule has 106 valence electrons. The zero-order valence-electron chi connectivity index (χ0n) is 12.2. The Morgan fingerprint density at radius 1 is 1.26 bits per heavy atom. The molecule has 1 aromatic carbocycles. The van der Waals surface area contributed by atoms with Crippen LogP contribution in [0.2, 0.25) is 0 Å². The van der Waals surface area contributed by atoms with Crippen molar-refractivity contribution in [2.75, 3.05) is 32.6 Å². The third kappa shape index (κ3) is 6.53. The van der Waals surface area contributed by atoms with Crippen LogP contribution in [0.4, 0.5) is 0 Å². The Balaban J connectivity index is 2.34. The van der Waals surface area contributed by atoms with Gasteiger partial charge in [0.1, 0.15) is 0 Å². The van der Waals surface area contributed by atoms with E-state index in [-0.39, 0.29) is 0 Å². The van der Waals surface area contributed by atoms with E-state index in [9.17, 15) is 0 Å². The smallest absolute Gasteiger partial charge is 0.193 e. The number of benzene rings is 1. The van der Waals surface area contributed by atoms with Gasteiger partial charge in [-0.1, -0.05) is 30.3 Å². The van der Waals surface area contributed by atoms with Crippen LogP contribution in [0.25, 0.3) is 0 Å². The third-order valence-electron chi connectivity index (χ3n) is 2.89. The second-order valence-electron chi connectivity index (χ2n) is 4.52. The van der Waals surface area contributed by atoms with Gasteiger partial charge in [-0.25, -0.2) is 0 Å². The number of guanidine groups is 1. The van der Waals surface area contributed by atoms with Crippen molar-refractivity contribution >= 4 is 17.7 Å². The Morgan fingerprint density at radius 2 is 2.00 bits per heavy atom. The predicted molar refractivity (Wildman–Crippen MR) is 86.9 cm³/mol. The number of thioether (sulfide) groups is 1. The van der Waals surface area contributed by atoms with Crippen molar-refractivity contribution in [1.82, 2.24) is 10.2 Å². The van der Waals surface area contributed by atoms with Crippen LogP contribution in [0.1, 0.15) is 18.4 Å². The molecule has 0 aliphatic carbocycles. The normalized spacial score (nSPS) is 11.4. The number of nitrogens with zero attached hydrogens (tertiary/aromatic N) is 2. The average molecular weight is 279 g/mol. The molecule has 1 N–H and O–H groups in total. The van der Waals surface area contributed by atoms with E-state index in [1.165, 1.54) is 24.2 Å². The zero-order chi connectivity index (χ0) is 13.9. The summed E-state index contributed by atoms with van der Waals surface area (Å²) in [5.74, 6) is 2.20. The molecule has 0 atom stereocenters. The molecule has 0 saturated carbocycles. The van der Waals surface area contributed by atoms with Gasteiger partial charge in [0.15, 0.2) is 5.96 Å². The Bertz CT molecular complexity index is 365. The predicted octanol–water partition coefficient (Wildman–Crippen LogP) is 2.84. The maximum absolute atomic E-state index is 4.33. The summed E-state index contributed by atoms with van der Waals surface area (Å²) in [6.45, 7) is 1.87. The molecule has 0 aromatic heterocycles. The van der Waals surface area contributed by atoms with Gasteiger partial charge in [-0.3, -0.25) is 4.99 Å². The Morgan fingerprint density at radius 3 is 2.63 bits per heavy atom. The molecule has 0 bridgehead atoms. The average Bonchev–Trinajstić information content (AvgIpc) is 2.44. The number of nitrogens with one attached hydrogen (secondary N) is 1. The van der Waals surface area contributed by atoms with Crippen molar-refractivity contribution in [2.24, 2.45) is 4.99 Å². The number of unbranched alkanes of at least 4 members (excludes halogenated alkanes) is 1. The van der Waals surface area contributed by atoms with Gasteiger partial charge in [0.2, 0.25) is 0 Å². The fraction of sp³-hybridized carbons (Fsp3) is 0.533. The van der Waals surface area contributed by atoms with Gasteiger partial charge in [-0.05, 0) is 30.4 Å². The Hall–Kier alpha value is -1.16. The molecular weight excluding hydrogens is 254 g/mol. The lowest BCUT2D eigenvalue weighted by Crippen LogP contribution is -2.38. The molecule has 1 aromatic rings. The fourth-order valence-electron chi connectivity index (χ4n) is 1.89. The molecule has 0 unspecified atom stereocenters. The molecule has 4 heteroatoms. The maximum atomic E-state index is 4.33. The summed E-state index contributed by atoms with van der Waals surface area (Å²) in [6.07, 6.45) is 4.60. The van der Waals surface area contributed by atoms with Crippen molar-refractivity contribution in [3.05, 3.63) is 35.9 Å². The van der Waals surface area contributed by atoms with E-state index in [4.69, 9.17) is 0 Å². The van der Waals surface area contributed by atoms with Gasteiger partial charge in [0, 0.05) is 27.2 Å². The minimum atomic E-state index is 0.880. The number of hydrogen-bond acceptors (Lipinski definition) is 2. The molecule has 0 heterocycles. The van der Waals surface area contributed by atoms with Crippen molar-refractivity contribution in [2.45, 2.75) is 19.4 Å². The van der Waals surface area contributed by atoms with E-state index in [1.807, 2.05) is 24.9 Å². The fourth-order valence-corrected chi connectivity index (χ4v) is 2.38. The zero-order valence-corrected chi connectivity index (χ0v) is 13.0. The van der Waals surface area contributed by atoms with Crippen molar-refractivity contribution < 1.29 is 0 Å². The highest BCUT2D eigenvalue weighted by Gasteiger charge is 2.05. The van der Waals surface area contributed by atoms with Gasteiger partial charge < -0.3 is 10.2 Å². The highest BCUT2D eigenvalue weighted by atomic mass is 32.2. The second-order valence-corrected chi connectivity index (χ2v) is 5.50. The van der Waals surface area contributed by atoms with Gasteiger partial charge in [-0.2, -0.15) is 11.8 Å². The molecule has 0 radical (unpaired) electrons. The standard InChI is InChI=1S/C15H25N3S/c1-16-15(17-11-7-8-12-19-3)18(2)13-14-9-5-4-6-10-14/h4-6,9-10H,7-8,11-13H2,1-3H3,(H,16,17). The van der Waals surface area contributed by atoms with E-state index in [0.717, 1.165) is 19.0 Å². The van der Waals surface area contributed by atoms with Gasteiger partial charge >= 0.3 is 0 Å². The largest absolute Gasteiger partial charge is 0.356 e. The quantitative estimate of drug-likeness (QED) is 0.472. The third-order valence-corrected chi connectivity index (χ3v) is 3.59. The van der Waals surface area contributed by atoms with Crippen LogP contribution >= 0.6 is 11.8 Å². The molecule has 0 amide bonds. The van der Waals surface area contributed by atoms with Crippen LogP contribution < -0.4 is 5.32 Å². The molecule has 3 nitrogen and oxygen atoms in total. The maximum Gasteiger partial charge on any atom is 0.193 e. The molecule has 0 aliphatic rings. The molecule has 0 aliphatic heterocycles. The number of aliphatic imine (C=N–C) groups is 1. The minimum Gasteiger partial charge on any atom is -0.356 e. The van der Waals surface area contributed by atoms with Gasteiger partial charge in [0.05, 0.1) is 0 Å². The van der Waals surface area contributed by atoms with Crippen LogP contribution in [-0.2, 0) is 6.54 Å². The van der Waals surface area contributed by atoms with Crippen molar-refractivity contribution in [3.63, 3.8) is 0 Å². The topological polar surface area (TPSA) is 27.6 Å². The van der Waals surface area contributed by atoms with E-state index in [1.54, 1.807) is 0 Å². The minimum absolute atomic E-state index is 0.880. The van der Waals surface area contributed by atoms with Gasteiger partial charge in [-0.15, -0.1) is 0 Å². The highest BCUT2D eigenvalue weighted by Crippen LogP contribution is 2.03. The van der Waals surface area contributed by atoms with Crippen LogP contribution in [0.5, 0.6) is 0 Å². The summed E-state index contributed by atoms with van der Waals surface area (Å²) in [5.41, 5.74) is 1.30. The van der Waals surface area contributed by atoms with Crippen LogP contribution in [0.3, 0.4) is 0 Å². The number of rotatable bonds is 7. The lowest BCUT2D eigenvalue weighted by molar-refractivity contribution is 0.475. The summed E-state index contributed by atoms with van der Waals surface area (Å²) in [6, 6.07) is 10.5. The van der Waals surface area contributed by atoms with Crippen molar-refractivity contribution in [1.29, 1.82) is 0 Å². The lowest BCUT2D eigenvalue weighted by Gasteiger charge is -2.22. The molecule has 19 heavy (non-hydrogen) atoms. The molecule has 0 fully saturated rings. The van der Waals surface area contributed by atoms with E-state index >= 15 is 0 Å². The van der Waals surface area contributed by atoms with E-state index < -0.39 is 0 Å². The summed E-state index contributed by atoms with van der Waals surface area (Å²) in [7, 11) is 3.91. The second kappa shape index (κ2) is 9.73. The first kappa shape index (κ1) is 15.9. The first-order valence-electron chi connectivity index (χ1n) is 6.72. The van der Waals surface area contributed by atoms with Crippen LogP contribution in [-0.4, -0.2) is 43.5 Å². The monoisotopic (exact) mass is 279 g/mol. The molecule has 0 spiro atoms. The van der Waals surface area contributed by atoms with Crippen molar-refractivity contribution in [3.8, 4) is 0 Å². The molecule has 1 rings (SSSR count). The first-order chi connectivity index (χ1) is 9.27. The summed E-state index contributed by atoms with van der Waals surface area (Å²) in [4.78, 5) is 6.48. The summed E-state index contributed by atoms with van der Waals surface area (Å²) >= 11 is 1.91. The van der Waals surface area contributed by atoms with Crippen LogP contribution in [0, 0.1) is 0 Å². The van der Waals surface area contributed by atoms with E-state index in [2.05, 4.69) is 52.8 Å². The van der Waals surface area contributed by atoms with Gasteiger partial charge in [0.25, 0.3) is 0 Å². The van der Waals surface area contributed by atoms with Crippen LogP contribution in [0.15, 0.2) is 35.3 Å². The highest BCUT2D eigenvalue weighted by molar-refractivity contribution is 7.98. The summed E-state index contributed by atoms with van der Waals surface area (Å²) in [5, 5.41) is 3.41. The lowest BCUT2D eigenvalue weighted by atomic mass is 10.2. The molecular formula is C15H25N3S. The Kier molecular flexibility index (Phi) is 8.14.